The van der Waals surface area contributed by atoms with Crippen molar-refractivity contribution in [2.24, 2.45) is 0 Å². The van der Waals surface area contributed by atoms with Gasteiger partial charge in [-0.05, 0) is 18.2 Å². The fourth-order valence-electron chi connectivity index (χ4n) is 1.75. The topological polar surface area (TPSA) is 80.4 Å². The monoisotopic (exact) mass is 308 g/mol. The molecule has 0 atom stereocenters. The first kappa shape index (κ1) is 14.9. The highest BCUT2D eigenvalue weighted by atomic mass is 35.5. The normalized spacial score (nSPS) is 10.0. The number of amides is 1. The molecule has 0 saturated heterocycles. The minimum Gasteiger partial charge on any atom is -0.495 e. The lowest BCUT2D eigenvalue weighted by atomic mass is 10.2. The summed E-state index contributed by atoms with van der Waals surface area (Å²) in [5, 5.41) is 2.90. The zero-order valence-corrected chi connectivity index (χ0v) is 12.2. The van der Waals surface area contributed by atoms with Crippen LogP contribution in [0.25, 0.3) is 0 Å². The third-order valence-corrected chi connectivity index (χ3v) is 3.08. The van der Waals surface area contributed by atoms with Gasteiger partial charge in [0, 0.05) is 12.3 Å². The SMILES string of the molecule is COc1cc(OC)c(NC(=O)c2ccc[nH]c2=O)cc1Cl. The molecule has 1 heterocycles. The summed E-state index contributed by atoms with van der Waals surface area (Å²) >= 11 is 6.02. The van der Waals surface area contributed by atoms with Gasteiger partial charge in [-0.1, -0.05) is 11.6 Å². The molecule has 0 radical (unpaired) electrons. The molecular formula is C14H13ClN2O4. The van der Waals surface area contributed by atoms with Gasteiger partial charge in [0.1, 0.15) is 17.1 Å². The van der Waals surface area contributed by atoms with Gasteiger partial charge in [-0.25, -0.2) is 0 Å². The number of hydrogen-bond donors (Lipinski definition) is 2. The molecule has 0 aliphatic heterocycles. The maximum atomic E-state index is 12.1. The highest BCUT2D eigenvalue weighted by molar-refractivity contribution is 6.32. The van der Waals surface area contributed by atoms with E-state index in [-0.39, 0.29) is 5.56 Å². The number of nitrogens with one attached hydrogen (secondary N) is 2. The van der Waals surface area contributed by atoms with Gasteiger partial charge in [0.2, 0.25) is 0 Å². The molecule has 0 unspecified atom stereocenters. The van der Waals surface area contributed by atoms with Gasteiger partial charge in [0.25, 0.3) is 11.5 Å². The first-order valence-electron chi connectivity index (χ1n) is 5.97. The number of anilines is 1. The third-order valence-electron chi connectivity index (χ3n) is 2.78. The van der Waals surface area contributed by atoms with Crippen molar-refractivity contribution in [2.45, 2.75) is 0 Å². The van der Waals surface area contributed by atoms with Crippen molar-refractivity contribution in [1.29, 1.82) is 0 Å². The van der Waals surface area contributed by atoms with Crippen LogP contribution in [0.3, 0.4) is 0 Å². The predicted molar refractivity (Wildman–Crippen MR) is 79.6 cm³/mol. The van der Waals surface area contributed by atoms with Crippen molar-refractivity contribution in [3.8, 4) is 11.5 Å². The van der Waals surface area contributed by atoms with Crippen molar-refractivity contribution in [1.82, 2.24) is 4.98 Å². The van der Waals surface area contributed by atoms with Gasteiger partial charge in [0.15, 0.2) is 0 Å². The van der Waals surface area contributed by atoms with E-state index in [4.69, 9.17) is 21.1 Å². The van der Waals surface area contributed by atoms with E-state index in [1.165, 1.54) is 32.5 Å². The zero-order valence-electron chi connectivity index (χ0n) is 11.4. The average molecular weight is 309 g/mol. The van der Waals surface area contributed by atoms with Crippen LogP contribution in [-0.2, 0) is 0 Å². The number of methoxy groups -OCH3 is 2. The number of aromatic nitrogens is 1. The Kier molecular flexibility index (Phi) is 4.49. The third kappa shape index (κ3) is 3.17. The van der Waals surface area contributed by atoms with E-state index in [0.717, 1.165) is 0 Å². The van der Waals surface area contributed by atoms with Crippen molar-refractivity contribution in [2.75, 3.05) is 19.5 Å². The van der Waals surface area contributed by atoms with Gasteiger partial charge < -0.3 is 19.8 Å². The van der Waals surface area contributed by atoms with Crippen LogP contribution < -0.4 is 20.3 Å². The number of H-pyrrole nitrogens is 1. The van der Waals surface area contributed by atoms with Crippen molar-refractivity contribution in [3.05, 3.63) is 51.4 Å². The van der Waals surface area contributed by atoms with E-state index < -0.39 is 11.5 Å². The molecule has 2 aromatic rings. The Bertz CT molecular complexity index is 727. The number of rotatable bonds is 4. The molecule has 6 nitrogen and oxygen atoms in total. The lowest BCUT2D eigenvalue weighted by Crippen LogP contribution is -2.22. The first-order chi connectivity index (χ1) is 10.1. The maximum absolute atomic E-state index is 12.1. The molecule has 2 N–H and O–H groups in total. The molecule has 7 heteroatoms. The van der Waals surface area contributed by atoms with Gasteiger partial charge in [-0.15, -0.1) is 0 Å². The minimum absolute atomic E-state index is 0.00788. The molecule has 0 bridgehead atoms. The van der Waals surface area contributed by atoms with Crippen molar-refractivity contribution in [3.63, 3.8) is 0 Å². The van der Waals surface area contributed by atoms with Crippen LogP contribution in [0.2, 0.25) is 5.02 Å². The highest BCUT2D eigenvalue weighted by Gasteiger charge is 2.15. The van der Waals surface area contributed by atoms with E-state index in [0.29, 0.717) is 22.2 Å². The molecular weight excluding hydrogens is 296 g/mol. The molecule has 110 valence electrons. The summed E-state index contributed by atoms with van der Waals surface area (Å²) in [5.74, 6) is 0.234. The molecule has 1 amide bonds. The highest BCUT2D eigenvalue weighted by Crippen LogP contribution is 2.35. The number of aromatic amines is 1. The number of ether oxygens (including phenoxy) is 2. The number of hydrogen-bond acceptors (Lipinski definition) is 4. The summed E-state index contributed by atoms with van der Waals surface area (Å²) in [6, 6.07) is 6.03. The lowest BCUT2D eigenvalue weighted by molar-refractivity contribution is 0.102. The molecule has 0 saturated carbocycles. The number of carbonyl (C=O) groups is 1. The summed E-state index contributed by atoms with van der Waals surface area (Å²) in [6.45, 7) is 0. The predicted octanol–water partition coefficient (Wildman–Crippen LogP) is 2.30. The molecule has 1 aromatic carbocycles. The first-order valence-corrected chi connectivity index (χ1v) is 6.35. The summed E-state index contributed by atoms with van der Waals surface area (Å²) < 4.78 is 10.2. The van der Waals surface area contributed by atoms with E-state index in [9.17, 15) is 9.59 Å². The summed E-state index contributed by atoms with van der Waals surface area (Å²) in [5.41, 5.74) is -0.142. The Morgan fingerprint density at radius 3 is 2.57 bits per heavy atom. The fourth-order valence-corrected chi connectivity index (χ4v) is 1.99. The minimum atomic E-state index is -0.559. The van der Waals surface area contributed by atoms with Gasteiger partial charge in [0.05, 0.1) is 24.9 Å². The van der Waals surface area contributed by atoms with Crippen LogP contribution in [0, 0.1) is 0 Å². The van der Waals surface area contributed by atoms with E-state index >= 15 is 0 Å². The van der Waals surface area contributed by atoms with E-state index in [1.807, 2.05) is 0 Å². The standard InChI is InChI=1S/C14H13ClN2O4/c1-20-11-7-12(21-2)10(6-9(11)15)17-14(19)8-4-3-5-16-13(8)18/h3-7H,1-2H3,(H,16,18)(H,17,19). The Balaban J connectivity index is 2.35. The Labute approximate surface area is 125 Å². The average Bonchev–Trinajstić information content (AvgIpc) is 2.48. The summed E-state index contributed by atoms with van der Waals surface area (Å²) in [4.78, 5) is 26.1. The summed E-state index contributed by atoms with van der Waals surface area (Å²) in [6.07, 6.45) is 1.45. The van der Waals surface area contributed by atoms with Crippen LogP contribution >= 0.6 is 11.6 Å². The number of carbonyl (C=O) groups excluding carboxylic acids is 1. The van der Waals surface area contributed by atoms with Crippen LogP contribution in [0.5, 0.6) is 11.5 Å². The largest absolute Gasteiger partial charge is 0.495 e. The number of halogens is 1. The van der Waals surface area contributed by atoms with Crippen molar-refractivity contribution < 1.29 is 14.3 Å². The number of benzene rings is 1. The second kappa shape index (κ2) is 6.32. The van der Waals surface area contributed by atoms with Crippen LogP contribution in [-0.4, -0.2) is 25.1 Å². The van der Waals surface area contributed by atoms with Gasteiger partial charge >= 0.3 is 0 Å². The molecule has 21 heavy (non-hydrogen) atoms. The second-order valence-electron chi connectivity index (χ2n) is 4.05. The maximum Gasteiger partial charge on any atom is 0.261 e. The van der Waals surface area contributed by atoms with Crippen LogP contribution in [0.15, 0.2) is 35.3 Å². The second-order valence-corrected chi connectivity index (χ2v) is 4.46. The Hall–Kier alpha value is -2.47. The molecule has 0 spiro atoms. The molecule has 0 aliphatic rings. The Morgan fingerprint density at radius 1 is 1.24 bits per heavy atom. The van der Waals surface area contributed by atoms with Crippen LogP contribution in [0.1, 0.15) is 10.4 Å². The number of pyridine rings is 1. The molecule has 0 aliphatic carbocycles. The lowest BCUT2D eigenvalue weighted by Gasteiger charge is -2.12. The molecule has 0 fully saturated rings. The van der Waals surface area contributed by atoms with E-state index in [1.54, 1.807) is 12.1 Å². The smallest absolute Gasteiger partial charge is 0.261 e. The molecule has 2 rings (SSSR count). The Morgan fingerprint density at radius 2 is 1.95 bits per heavy atom. The van der Waals surface area contributed by atoms with Crippen LogP contribution in [0.4, 0.5) is 5.69 Å². The van der Waals surface area contributed by atoms with E-state index in [2.05, 4.69) is 10.3 Å². The zero-order chi connectivity index (χ0) is 15.4. The van der Waals surface area contributed by atoms with Gasteiger partial charge in [-0.3, -0.25) is 9.59 Å². The van der Waals surface area contributed by atoms with Crippen molar-refractivity contribution >= 4 is 23.2 Å². The summed E-state index contributed by atoms with van der Waals surface area (Å²) in [7, 11) is 2.93. The van der Waals surface area contributed by atoms with Gasteiger partial charge in [-0.2, -0.15) is 0 Å². The quantitative estimate of drug-likeness (QED) is 0.908. The molecule has 1 aromatic heterocycles. The fraction of sp³-hybridized carbons (Fsp3) is 0.143.